The topological polar surface area (TPSA) is 69.6 Å². The summed E-state index contributed by atoms with van der Waals surface area (Å²) in [6.07, 6.45) is 1.70. The Bertz CT molecular complexity index is 445. The molecule has 5 nitrogen and oxygen atoms in total. The van der Waals surface area contributed by atoms with E-state index in [2.05, 4.69) is 15.1 Å². The molecule has 5 heteroatoms. The molecule has 68 valence electrons. The van der Waals surface area contributed by atoms with E-state index in [9.17, 15) is 0 Å². The summed E-state index contributed by atoms with van der Waals surface area (Å²) in [5.74, 6) is 1.18. The van der Waals surface area contributed by atoms with Gasteiger partial charge in [0.15, 0.2) is 5.65 Å². The molecule has 2 aromatic heterocycles. The van der Waals surface area contributed by atoms with E-state index in [1.807, 2.05) is 13.8 Å². The highest BCUT2D eigenvalue weighted by Gasteiger charge is 2.07. The number of aromatic nitrogens is 4. The molecule has 0 aliphatic carbocycles. The second-order valence-electron chi connectivity index (χ2n) is 2.85. The van der Waals surface area contributed by atoms with Gasteiger partial charge in [0, 0.05) is 6.54 Å². The van der Waals surface area contributed by atoms with Crippen LogP contribution in [-0.2, 0) is 6.54 Å². The van der Waals surface area contributed by atoms with E-state index in [-0.39, 0.29) is 0 Å². The third kappa shape index (κ3) is 1.12. The van der Waals surface area contributed by atoms with E-state index in [0.29, 0.717) is 11.6 Å². The zero-order valence-corrected chi connectivity index (χ0v) is 7.65. The van der Waals surface area contributed by atoms with Gasteiger partial charge in [-0.2, -0.15) is 5.10 Å². The molecule has 0 saturated heterocycles. The molecule has 0 aliphatic rings. The Labute approximate surface area is 75.6 Å². The number of fused-ring (bicyclic) bond motifs is 1. The SMILES string of the molecule is CCn1ncc2c(N)nc(C)nc21. The number of hydrogen-bond donors (Lipinski definition) is 1. The maximum absolute atomic E-state index is 5.72. The zero-order chi connectivity index (χ0) is 9.42. The van der Waals surface area contributed by atoms with Crippen LogP contribution >= 0.6 is 0 Å². The first kappa shape index (κ1) is 7.97. The van der Waals surface area contributed by atoms with Crippen LogP contribution in [-0.4, -0.2) is 19.7 Å². The molecule has 0 saturated carbocycles. The van der Waals surface area contributed by atoms with Crippen molar-refractivity contribution in [3.8, 4) is 0 Å². The van der Waals surface area contributed by atoms with Crippen LogP contribution < -0.4 is 5.73 Å². The highest BCUT2D eigenvalue weighted by molar-refractivity contribution is 5.84. The number of anilines is 1. The Balaban J connectivity index is 2.82. The Morgan fingerprint density at radius 3 is 2.92 bits per heavy atom. The maximum Gasteiger partial charge on any atom is 0.163 e. The van der Waals surface area contributed by atoms with Gasteiger partial charge in [0.25, 0.3) is 0 Å². The van der Waals surface area contributed by atoms with Crippen molar-refractivity contribution in [1.82, 2.24) is 19.7 Å². The van der Waals surface area contributed by atoms with Crippen molar-refractivity contribution in [3.63, 3.8) is 0 Å². The summed E-state index contributed by atoms with van der Waals surface area (Å²) >= 11 is 0. The molecule has 2 N–H and O–H groups in total. The van der Waals surface area contributed by atoms with Gasteiger partial charge in [0.05, 0.1) is 11.6 Å². The Morgan fingerprint density at radius 1 is 1.46 bits per heavy atom. The summed E-state index contributed by atoms with van der Waals surface area (Å²) < 4.78 is 1.81. The predicted octanol–water partition coefficient (Wildman–Crippen LogP) is 0.737. The summed E-state index contributed by atoms with van der Waals surface area (Å²) in [4.78, 5) is 8.34. The van der Waals surface area contributed by atoms with Gasteiger partial charge in [-0.05, 0) is 13.8 Å². The zero-order valence-electron chi connectivity index (χ0n) is 7.65. The van der Waals surface area contributed by atoms with Crippen LogP contribution in [0.1, 0.15) is 12.7 Å². The van der Waals surface area contributed by atoms with Crippen molar-refractivity contribution in [2.75, 3.05) is 5.73 Å². The molecule has 13 heavy (non-hydrogen) atoms. The number of aryl methyl sites for hydroxylation is 2. The monoisotopic (exact) mass is 177 g/mol. The van der Waals surface area contributed by atoms with E-state index < -0.39 is 0 Å². The van der Waals surface area contributed by atoms with Crippen LogP contribution in [0.4, 0.5) is 5.82 Å². The molecule has 0 radical (unpaired) electrons. The summed E-state index contributed by atoms with van der Waals surface area (Å²) in [7, 11) is 0. The van der Waals surface area contributed by atoms with Crippen LogP contribution in [0.3, 0.4) is 0 Å². The average molecular weight is 177 g/mol. The lowest BCUT2D eigenvalue weighted by atomic mass is 10.4. The van der Waals surface area contributed by atoms with Crippen molar-refractivity contribution < 1.29 is 0 Å². The van der Waals surface area contributed by atoms with E-state index in [1.165, 1.54) is 0 Å². The van der Waals surface area contributed by atoms with Crippen LogP contribution in [0, 0.1) is 6.92 Å². The molecule has 0 bridgehead atoms. The van der Waals surface area contributed by atoms with Crippen molar-refractivity contribution >= 4 is 16.9 Å². The number of rotatable bonds is 1. The Morgan fingerprint density at radius 2 is 2.23 bits per heavy atom. The summed E-state index contributed by atoms with van der Waals surface area (Å²) in [5.41, 5.74) is 6.53. The fraction of sp³-hybridized carbons (Fsp3) is 0.375. The average Bonchev–Trinajstić information content (AvgIpc) is 2.47. The molecule has 0 amide bonds. The lowest BCUT2D eigenvalue weighted by Crippen LogP contribution is -2.01. The molecule has 0 aromatic carbocycles. The van der Waals surface area contributed by atoms with Crippen LogP contribution in [0.25, 0.3) is 11.0 Å². The van der Waals surface area contributed by atoms with E-state index in [1.54, 1.807) is 10.9 Å². The molecule has 2 aromatic rings. The van der Waals surface area contributed by atoms with Gasteiger partial charge >= 0.3 is 0 Å². The fourth-order valence-electron chi connectivity index (χ4n) is 1.32. The van der Waals surface area contributed by atoms with Crippen LogP contribution in [0.15, 0.2) is 6.20 Å². The van der Waals surface area contributed by atoms with Gasteiger partial charge < -0.3 is 5.73 Å². The molecule has 0 aliphatic heterocycles. The van der Waals surface area contributed by atoms with E-state index in [0.717, 1.165) is 17.6 Å². The molecule has 0 unspecified atom stereocenters. The minimum atomic E-state index is 0.502. The van der Waals surface area contributed by atoms with Gasteiger partial charge in [-0.25, -0.2) is 14.6 Å². The van der Waals surface area contributed by atoms with E-state index in [4.69, 9.17) is 5.73 Å². The first-order chi connectivity index (χ1) is 6.22. The first-order valence-electron chi connectivity index (χ1n) is 4.18. The third-order valence-corrected chi connectivity index (χ3v) is 1.94. The molecular formula is C8H11N5. The second-order valence-corrected chi connectivity index (χ2v) is 2.85. The van der Waals surface area contributed by atoms with Gasteiger partial charge in [0.2, 0.25) is 0 Å². The lowest BCUT2D eigenvalue weighted by Gasteiger charge is -1.99. The van der Waals surface area contributed by atoms with Crippen molar-refractivity contribution in [2.24, 2.45) is 0 Å². The molecule has 2 rings (SSSR count). The van der Waals surface area contributed by atoms with Crippen molar-refractivity contribution in [2.45, 2.75) is 20.4 Å². The number of nitrogen functional groups attached to an aromatic ring is 1. The Kier molecular flexibility index (Phi) is 1.65. The number of nitrogens with two attached hydrogens (primary N) is 1. The molecule has 2 heterocycles. The summed E-state index contributed by atoms with van der Waals surface area (Å²) in [5, 5.41) is 4.98. The predicted molar refractivity (Wildman–Crippen MR) is 50.1 cm³/mol. The molecular weight excluding hydrogens is 166 g/mol. The largest absolute Gasteiger partial charge is 0.383 e. The highest BCUT2D eigenvalue weighted by Crippen LogP contribution is 2.16. The third-order valence-electron chi connectivity index (χ3n) is 1.94. The molecule has 0 spiro atoms. The maximum atomic E-state index is 5.72. The summed E-state index contributed by atoms with van der Waals surface area (Å²) in [6, 6.07) is 0. The first-order valence-corrected chi connectivity index (χ1v) is 4.18. The number of hydrogen-bond acceptors (Lipinski definition) is 4. The van der Waals surface area contributed by atoms with E-state index >= 15 is 0 Å². The fourth-order valence-corrected chi connectivity index (χ4v) is 1.32. The van der Waals surface area contributed by atoms with Crippen LogP contribution in [0.2, 0.25) is 0 Å². The quantitative estimate of drug-likeness (QED) is 0.697. The second kappa shape index (κ2) is 2.69. The highest BCUT2D eigenvalue weighted by atomic mass is 15.3. The number of nitrogens with zero attached hydrogens (tertiary/aromatic N) is 4. The lowest BCUT2D eigenvalue weighted by molar-refractivity contribution is 0.675. The minimum Gasteiger partial charge on any atom is -0.383 e. The van der Waals surface area contributed by atoms with Gasteiger partial charge in [-0.1, -0.05) is 0 Å². The van der Waals surface area contributed by atoms with Gasteiger partial charge in [-0.15, -0.1) is 0 Å². The van der Waals surface area contributed by atoms with Crippen molar-refractivity contribution in [1.29, 1.82) is 0 Å². The van der Waals surface area contributed by atoms with Crippen molar-refractivity contribution in [3.05, 3.63) is 12.0 Å². The minimum absolute atomic E-state index is 0.502. The summed E-state index contributed by atoms with van der Waals surface area (Å²) in [6.45, 7) is 4.63. The standard InChI is InChI=1S/C8H11N5/c1-3-13-8-6(4-10-13)7(9)11-5(2)12-8/h4H,3H2,1-2H3,(H2,9,11,12). The Hall–Kier alpha value is -1.65. The normalized spacial score (nSPS) is 10.9. The molecule has 0 atom stereocenters. The van der Waals surface area contributed by atoms with Gasteiger partial charge in [0.1, 0.15) is 11.6 Å². The molecule has 0 fully saturated rings. The smallest absolute Gasteiger partial charge is 0.163 e. The van der Waals surface area contributed by atoms with Crippen LogP contribution in [0.5, 0.6) is 0 Å². The van der Waals surface area contributed by atoms with Gasteiger partial charge in [-0.3, -0.25) is 0 Å².